The highest BCUT2D eigenvalue weighted by Gasteiger charge is 2.19. The summed E-state index contributed by atoms with van der Waals surface area (Å²) in [5.74, 6) is -1.67. The van der Waals surface area contributed by atoms with Crippen molar-refractivity contribution >= 4 is 34.5 Å². The minimum absolute atomic E-state index is 0.0548. The molecule has 2 N–H and O–H groups in total. The number of carbonyl (C=O) groups is 2. The number of carbonyl (C=O) groups excluding carboxylic acids is 2. The molecule has 0 saturated carbocycles. The van der Waals surface area contributed by atoms with Gasteiger partial charge in [-0.25, -0.2) is 0 Å². The highest BCUT2D eigenvalue weighted by atomic mass is 32.1. The normalized spacial score (nSPS) is 11.8. The van der Waals surface area contributed by atoms with Gasteiger partial charge in [-0.3, -0.25) is 19.7 Å². The molecule has 132 valence electrons. The van der Waals surface area contributed by atoms with Crippen LogP contribution in [0, 0.1) is 10.1 Å². The summed E-state index contributed by atoms with van der Waals surface area (Å²) in [7, 11) is 3.77. The standard InChI is InChI=1S/C16H18N4O4S/c1-19(2)14(11-6-7-25-10-11)9-17-15(21)16(22)18-12-4-3-5-13(8-12)20(23)24/h3-8,10,14H,9H2,1-2H3,(H,17,21)(H,18,22). The van der Waals surface area contributed by atoms with Gasteiger partial charge in [-0.2, -0.15) is 11.3 Å². The predicted molar refractivity (Wildman–Crippen MR) is 95.5 cm³/mol. The Labute approximate surface area is 148 Å². The topological polar surface area (TPSA) is 105 Å². The number of rotatable bonds is 6. The van der Waals surface area contributed by atoms with Crippen molar-refractivity contribution in [3.05, 3.63) is 56.8 Å². The van der Waals surface area contributed by atoms with Crippen LogP contribution in [0.2, 0.25) is 0 Å². The zero-order valence-electron chi connectivity index (χ0n) is 13.8. The van der Waals surface area contributed by atoms with E-state index in [0.29, 0.717) is 0 Å². The van der Waals surface area contributed by atoms with E-state index in [1.807, 2.05) is 35.8 Å². The van der Waals surface area contributed by atoms with Crippen LogP contribution in [-0.2, 0) is 9.59 Å². The van der Waals surface area contributed by atoms with Crippen LogP contribution in [0.25, 0.3) is 0 Å². The molecule has 2 rings (SSSR count). The highest BCUT2D eigenvalue weighted by Crippen LogP contribution is 2.20. The summed E-state index contributed by atoms with van der Waals surface area (Å²) in [5, 5.41) is 19.6. The number of benzene rings is 1. The number of thiophene rings is 1. The van der Waals surface area contributed by atoms with Gasteiger partial charge in [0.15, 0.2) is 0 Å². The van der Waals surface area contributed by atoms with Gasteiger partial charge in [-0.05, 0) is 42.6 Å². The SMILES string of the molecule is CN(C)C(CNC(=O)C(=O)Nc1cccc([N+](=O)[O-])c1)c1ccsc1. The molecule has 0 saturated heterocycles. The van der Waals surface area contributed by atoms with Crippen LogP contribution in [0.4, 0.5) is 11.4 Å². The smallest absolute Gasteiger partial charge is 0.313 e. The lowest BCUT2D eigenvalue weighted by Crippen LogP contribution is -2.40. The number of hydrogen-bond acceptors (Lipinski definition) is 6. The van der Waals surface area contributed by atoms with Gasteiger partial charge >= 0.3 is 11.8 Å². The highest BCUT2D eigenvalue weighted by molar-refractivity contribution is 7.07. The van der Waals surface area contributed by atoms with E-state index in [9.17, 15) is 19.7 Å². The van der Waals surface area contributed by atoms with Crippen LogP contribution in [0.3, 0.4) is 0 Å². The number of nitro groups is 1. The summed E-state index contributed by atoms with van der Waals surface area (Å²) in [5.41, 5.74) is 1.08. The number of amides is 2. The monoisotopic (exact) mass is 362 g/mol. The molecule has 1 atom stereocenters. The molecule has 0 fully saturated rings. The molecule has 1 aromatic heterocycles. The average molecular weight is 362 g/mol. The van der Waals surface area contributed by atoms with Crippen molar-refractivity contribution in [2.75, 3.05) is 26.0 Å². The summed E-state index contributed by atoms with van der Waals surface area (Å²) in [6, 6.07) is 7.32. The molecule has 2 aromatic rings. The zero-order valence-corrected chi connectivity index (χ0v) is 14.6. The predicted octanol–water partition coefficient (Wildman–Crippen LogP) is 2.01. The first-order chi connectivity index (χ1) is 11.9. The molecule has 1 heterocycles. The fourth-order valence-electron chi connectivity index (χ4n) is 2.22. The summed E-state index contributed by atoms with van der Waals surface area (Å²) >= 11 is 1.56. The Morgan fingerprint density at radius 2 is 2.04 bits per heavy atom. The van der Waals surface area contributed by atoms with E-state index in [1.165, 1.54) is 24.3 Å². The van der Waals surface area contributed by atoms with Crippen molar-refractivity contribution < 1.29 is 14.5 Å². The average Bonchev–Trinajstić information content (AvgIpc) is 3.08. The number of anilines is 1. The Balaban J connectivity index is 1.95. The van der Waals surface area contributed by atoms with Gasteiger partial charge in [0.2, 0.25) is 0 Å². The van der Waals surface area contributed by atoms with Gasteiger partial charge in [0, 0.05) is 24.4 Å². The van der Waals surface area contributed by atoms with Gasteiger partial charge in [0.05, 0.1) is 11.0 Å². The van der Waals surface area contributed by atoms with Crippen LogP contribution < -0.4 is 10.6 Å². The molecule has 25 heavy (non-hydrogen) atoms. The number of nitrogens with zero attached hydrogens (tertiary/aromatic N) is 2. The maximum atomic E-state index is 12.0. The zero-order chi connectivity index (χ0) is 18.4. The Kier molecular flexibility index (Phi) is 6.20. The Bertz CT molecular complexity index is 761. The Hall–Kier alpha value is -2.78. The molecule has 0 spiro atoms. The summed E-state index contributed by atoms with van der Waals surface area (Å²) in [6.45, 7) is 0.269. The van der Waals surface area contributed by atoms with E-state index in [0.717, 1.165) is 5.56 Å². The fraction of sp³-hybridized carbons (Fsp3) is 0.250. The molecule has 9 heteroatoms. The van der Waals surface area contributed by atoms with Gasteiger partial charge in [0.1, 0.15) is 0 Å². The number of hydrogen-bond donors (Lipinski definition) is 2. The molecule has 0 aliphatic rings. The van der Waals surface area contributed by atoms with Crippen LogP contribution in [0.1, 0.15) is 11.6 Å². The van der Waals surface area contributed by atoms with E-state index in [2.05, 4.69) is 10.6 Å². The maximum Gasteiger partial charge on any atom is 0.313 e. The van der Waals surface area contributed by atoms with Crippen LogP contribution >= 0.6 is 11.3 Å². The van der Waals surface area contributed by atoms with Gasteiger partial charge in [-0.1, -0.05) is 6.07 Å². The second-order valence-electron chi connectivity index (χ2n) is 5.51. The number of nitrogens with one attached hydrogen (secondary N) is 2. The first kappa shape index (κ1) is 18.6. The van der Waals surface area contributed by atoms with Crippen molar-refractivity contribution in [1.29, 1.82) is 0 Å². The van der Waals surface area contributed by atoms with Crippen molar-refractivity contribution in [3.8, 4) is 0 Å². The molecule has 0 aliphatic heterocycles. The van der Waals surface area contributed by atoms with Crippen LogP contribution in [0.15, 0.2) is 41.1 Å². The number of likely N-dealkylation sites (N-methyl/N-ethyl adjacent to an activating group) is 1. The first-order valence-electron chi connectivity index (χ1n) is 7.40. The molecule has 0 radical (unpaired) electrons. The molecule has 1 unspecified atom stereocenters. The quantitative estimate of drug-likeness (QED) is 0.465. The summed E-state index contributed by atoms with van der Waals surface area (Å²) < 4.78 is 0. The van der Waals surface area contributed by atoms with E-state index >= 15 is 0 Å². The van der Waals surface area contributed by atoms with E-state index in [4.69, 9.17) is 0 Å². The fourth-order valence-corrected chi connectivity index (χ4v) is 2.92. The van der Waals surface area contributed by atoms with Crippen LogP contribution in [0.5, 0.6) is 0 Å². The number of non-ortho nitro benzene ring substituents is 1. The van der Waals surface area contributed by atoms with Crippen molar-refractivity contribution in [2.45, 2.75) is 6.04 Å². The van der Waals surface area contributed by atoms with E-state index in [1.54, 1.807) is 11.3 Å². The molecule has 8 nitrogen and oxygen atoms in total. The minimum atomic E-state index is -0.872. The number of nitro benzene ring substituents is 1. The van der Waals surface area contributed by atoms with Crippen molar-refractivity contribution in [3.63, 3.8) is 0 Å². The lowest BCUT2D eigenvalue weighted by Gasteiger charge is -2.23. The lowest BCUT2D eigenvalue weighted by molar-refractivity contribution is -0.384. The van der Waals surface area contributed by atoms with E-state index < -0.39 is 16.7 Å². The molecule has 0 aliphatic carbocycles. The van der Waals surface area contributed by atoms with Crippen molar-refractivity contribution in [1.82, 2.24) is 10.2 Å². The third kappa shape index (κ3) is 5.10. The third-order valence-corrected chi connectivity index (χ3v) is 4.23. The second kappa shape index (κ2) is 8.36. The molecule has 1 aromatic carbocycles. The molecule has 0 bridgehead atoms. The second-order valence-corrected chi connectivity index (χ2v) is 6.29. The van der Waals surface area contributed by atoms with Crippen LogP contribution in [-0.4, -0.2) is 42.3 Å². The first-order valence-corrected chi connectivity index (χ1v) is 8.35. The molecular weight excluding hydrogens is 344 g/mol. The molecule has 2 amide bonds. The largest absolute Gasteiger partial charge is 0.346 e. The van der Waals surface area contributed by atoms with Gasteiger partial charge < -0.3 is 15.5 Å². The van der Waals surface area contributed by atoms with E-state index in [-0.39, 0.29) is 24.0 Å². The Morgan fingerprint density at radius 3 is 2.64 bits per heavy atom. The van der Waals surface area contributed by atoms with Gasteiger partial charge in [-0.15, -0.1) is 0 Å². The third-order valence-electron chi connectivity index (χ3n) is 3.53. The summed E-state index contributed by atoms with van der Waals surface area (Å²) in [4.78, 5) is 36.1. The molecular formula is C16H18N4O4S. The summed E-state index contributed by atoms with van der Waals surface area (Å²) in [6.07, 6.45) is 0. The lowest BCUT2D eigenvalue weighted by atomic mass is 10.1. The Morgan fingerprint density at radius 1 is 1.28 bits per heavy atom. The maximum absolute atomic E-state index is 12.0. The van der Waals surface area contributed by atoms with Crippen molar-refractivity contribution in [2.24, 2.45) is 0 Å². The van der Waals surface area contributed by atoms with Gasteiger partial charge in [0.25, 0.3) is 5.69 Å². The minimum Gasteiger partial charge on any atom is -0.346 e.